The Labute approximate surface area is 115 Å². The SMILES string of the molecule is O=C(Nc1cccc(C#CCO)n1)c1ccccc1F. The molecular formula is C15H11FN2O2. The highest BCUT2D eigenvalue weighted by atomic mass is 19.1. The van der Waals surface area contributed by atoms with E-state index in [0.29, 0.717) is 5.69 Å². The number of pyridine rings is 1. The first-order valence-electron chi connectivity index (χ1n) is 5.83. The molecule has 1 aromatic carbocycles. The molecule has 0 aliphatic rings. The van der Waals surface area contributed by atoms with Crippen LogP contribution < -0.4 is 5.32 Å². The van der Waals surface area contributed by atoms with Gasteiger partial charge in [-0.25, -0.2) is 9.37 Å². The maximum Gasteiger partial charge on any atom is 0.259 e. The molecule has 1 heterocycles. The first kappa shape index (κ1) is 13.7. The standard InChI is InChI=1S/C15H11FN2O2/c16-13-8-2-1-7-12(13)15(20)18-14-9-3-5-11(17-14)6-4-10-19/h1-3,5,7-9,19H,10H2,(H,17,18,20). The minimum Gasteiger partial charge on any atom is -0.384 e. The molecule has 0 radical (unpaired) electrons. The third-order valence-electron chi connectivity index (χ3n) is 2.40. The molecule has 0 aliphatic heterocycles. The van der Waals surface area contributed by atoms with Crippen molar-refractivity contribution >= 4 is 11.7 Å². The largest absolute Gasteiger partial charge is 0.384 e. The number of anilines is 1. The molecule has 2 aromatic rings. The molecular weight excluding hydrogens is 259 g/mol. The minimum absolute atomic E-state index is 0.0545. The molecule has 0 atom stereocenters. The molecule has 0 saturated carbocycles. The minimum atomic E-state index is -0.596. The molecule has 0 unspecified atom stereocenters. The Bertz CT molecular complexity index is 690. The summed E-state index contributed by atoms with van der Waals surface area (Å²) in [5.41, 5.74) is 0.353. The van der Waals surface area contributed by atoms with E-state index in [1.165, 1.54) is 18.2 Å². The maximum atomic E-state index is 13.5. The average molecular weight is 270 g/mol. The summed E-state index contributed by atoms with van der Waals surface area (Å²) in [6.45, 7) is -0.270. The van der Waals surface area contributed by atoms with E-state index in [0.717, 1.165) is 0 Å². The summed E-state index contributed by atoms with van der Waals surface area (Å²) in [4.78, 5) is 16.0. The van der Waals surface area contributed by atoms with Gasteiger partial charge in [0.25, 0.3) is 5.91 Å². The van der Waals surface area contributed by atoms with Crippen molar-refractivity contribution in [1.82, 2.24) is 4.98 Å². The molecule has 0 saturated heterocycles. The molecule has 0 bridgehead atoms. The summed E-state index contributed by atoms with van der Waals surface area (Å²) in [6.07, 6.45) is 0. The topological polar surface area (TPSA) is 62.2 Å². The highest BCUT2D eigenvalue weighted by molar-refractivity contribution is 6.03. The van der Waals surface area contributed by atoms with Crippen molar-refractivity contribution in [2.45, 2.75) is 0 Å². The number of aromatic nitrogens is 1. The number of carbonyl (C=O) groups excluding carboxylic acids is 1. The Morgan fingerprint density at radius 1 is 1.25 bits per heavy atom. The molecule has 1 amide bonds. The average Bonchev–Trinajstić information content (AvgIpc) is 2.46. The lowest BCUT2D eigenvalue weighted by atomic mass is 10.2. The van der Waals surface area contributed by atoms with E-state index < -0.39 is 11.7 Å². The fourth-order valence-electron chi connectivity index (χ4n) is 1.53. The number of carbonyl (C=O) groups is 1. The second kappa shape index (κ2) is 6.45. The Balaban J connectivity index is 2.18. The Kier molecular flexibility index (Phi) is 4.43. The Morgan fingerprint density at radius 3 is 2.80 bits per heavy atom. The number of nitrogens with one attached hydrogen (secondary N) is 1. The third kappa shape index (κ3) is 3.40. The predicted molar refractivity (Wildman–Crippen MR) is 72.6 cm³/mol. The van der Waals surface area contributed by atoms with Crippen molar-refractivity contribution in [2.75, 3.05) is 11.9 Å². The second-order valence-corrected chi connectivity index (χ2v) is 3.80. The Hall–Kier alpha value is -2.71. The van der Waals surface area contributed by atoms with Gasteiger partial charge in [-0.05, 0) is 30.2 Å². The van der Waals surface area contributed by atoms with Gasteiger partial charge in [-0.1, -0.05) is 24.1 Å². The van der Waals surface area contributed by atoms with Crippen LogP contribution in [0.15, 0.2) is 42.5 Å². The fraction of sp³-hybridized carbons (Fsp3) is 0.0667. The van der Waals surface area contributed by atoms with Crippen LogP contribution in [0.25, 0.3) is 0 Å². The van der Waals surface area contributed by atoms with Crippen LogP contribution in [-0.2, 0) is 0 Å². The number of aliphatic hydroxyl groups is 1. The van der Waals surface area contributed by atoms with Gasteiger partial charge in [-0.3, -0.25) is 4.79 Å². The number of benzene rings is 1. The molecule has 0 spiro atoms. The van der Waals surface area contributed by atoms with Crippen molar-refractivity contribution in [3.63, 3.8) is 0 Å². The zero-order chi connectivity index (χ0) is 14.4. The number of aliphatic hydroxyl groups excluding tert-OH is 1. The summed E-state index contributed by atoms with van der Waals surface area (Å²) in [5.74, 6) is 4.17. The van der Waals surface area contributed by atoms with Crippen LogP contribution in [-0.4, -0.2) is 22.6 Å². The number of hydrogen-bond donors (Lipinski definition) is 2. The van der Waals surface area contributed by atoms with Crippen molar-refractivity contribution < 1.29 is 14.3 Å². The fourth-order valence-corrected chi connectivity index (χ4v) is 1.53. The van der Waals surface area contributed by atoms with Gasteiger partial charge in [-0.15, -0.1) is 0 Å². The summed E-state index contributed by atoms with van der Waals surface area (Å²) >= 11 is 0. The van der Waals surface area contributed by atoms with E-state index in [4.69, 9.17) is 5.11 Å². The van der Waals surface area contributed by atoms with Crippen LogP contribution >= 0.6 is 0 Å². The second-order valence-electron chi connectivity index (χ2n) is 3.80. The van der Waals surface area contributed by atoms with Gasteiger partial charge in [0.15, 0.2) is 0 Å². The van der Waals surface area contributed by atoms with E-state index in [2.05, 4.69) is 22.1 Å². The molecule has 100 valence electrons. The summed E-state index contributed by atoms with van der Waals surface area (Å²) in [7, 11) is 0. The molecule has 2 rings (SSSR count). The van der Waals surface area contributed by atoms with Crippen LogP contribution in [0.2, 0.25) is 0 Å². The van der Waals surface area contributed by atoms with E-state index in [-0.39, 0.29) is 18.0 Å². The highest BCUT2D eigenvalue weighted by Gasteiger charge is 2.11. The van der Waals surface area contributed by atoms with Crippen LogP contribution in [0.5, 0.6) is 0 Å². The lowest BCUT2D eigenvalue weighted by Gasteiger charge is -2.05. The van der Waals surface area contributed by atoms with Crippen LogP contribution in [0.4, 0.5) is 10.2 Å². The van der Waals surface area contributed by atoms with E-state index >= 15 is 0 Å². The zero-order valence-electron chi connectivity index (χ0n) is 10.4. The molecule has 1 aromatic heterocycles. The van der Waals surface area contributed by atoms with Gasteiger partial charge in [0, 0.05) is 0 Å². The Morgan fingerprint density at radius 2 is 2.05 bits per heavy atom. The third-order valence-corrected chi connectivity index (χ3v) is 2.40. The quantitative estimate of drug-likeness (QED) is 0.818. The smallest absolute Gasteiger partial charge is 0.259 e. The van der Waals surface area contributed by atoms with Crippen molar-refractivity contribution in [1.29, 1.82) is 0 Å². The van der Waals surface area contributed by atoms with Crippen molar-refractivity contribution in [2.24, 2.45) is 0 Å². The molecule has 0 aliphatic carbocycles. The van der Waals surface area contributed by atoms with Crippen LogP contribution in [0, 0.1) is 17.7 Å². The van der Waals surface area contributed by atoms with Crippen molar-refractivity contribution in [3.8, 4) is 11.8 Å². The lowest BCUT2D eigenvalue weighted by Crippen LogP contribution is -2.14. The lowest BCUT2D eigenvalue weighted by molar-refractivity contribution is 0.102. The van der Waals surface area contributed by atoms with Gasteiger partial charge in [0.2, 0.25) is 0 Å². The van der Waals surface area contributed by atoms with Gasteiger partial charge in [-0.2, -0.15) is 0 Å². The number of amides is 1. The highest BCUT2D eigenvalue weighted by Crippen LogP contribution is 2.10. The monoisotopic (exact) mass is 270 g/mol. The molecule has 5 heteroatoms. The summed E-state index contributed by atoms with van der Waals surface area (Å²) in [5, 5.41) is 11.1. The normalized spacial score (nSPS) is 9.50. The van der Waals surface area contributed by atoms with E-state index in [9.17, 15) is 9.18 Å². The van der Waals surface area contributed by atoms with Gasteiger partial charge >= 0.3 is 0 Å². The molecule has 2 N–H and O–H groups in total. The van der Waals surface area contributed by atoms with Crippen LogP contribution in [0.1, 0.15) is 16.1 Å². The maximum absolute atomic E-state index is 13.5. The number of halogens is 1. The van der Waals surface area contributed by atoms with Gasteiger partial charge in [0.1, 0.15) is 23.9 Å². The van der Waals surface area contributed by atoms with E-state index in [1.54, 1.807) is 24.3 Å². The van der Waals surface area contributed by atoms with Crippen molar-refractivity contribution in [3.05, 3.63) is 59.5 Å². The van der Waals surface area contributed by atoms with Gasteiger partial charge in [0.05, 0.1) is 5.56 Å². The number of nitrogens with zero attached hydrogens (tertiary/aromatic N) is 1. The molecule has 0 fully saturated rings. The summed E-state index contributed by atoms with van der Waals surface area (Å²) in [6, 6.07) is 10.6. The molecule has 20 heavy (non-hydrogen) atoms. The first-order valence-corrected chi connectivity index (χ1v) is 5.83. The summed E-state index contributed by atoms with van der Waals surface area (Å²) < 4.78 is 13.5. The van der Waals surface area contributed by atoms with E-state index in [1.807, 2.05) is 0 Å². The zero-order valence-corrected chi connectivity index (χ0v) is 10.4. The number of rotatable bonds is 2. The predicted octanol–water partition coefficient (Wildman–Crippen LogP) is 1.82. The van der Waals surface area contributed by atoms with Gasteiger partial charge < -0.3 is 10.4 Å². The number of hydrogen-bond acceptors (Lipinski definition) is 3. The first-order chi connectivity index (χ1) is 9.70. The molecule has 4 nitrogen and oxygen atoms in total. The van der Waals surface area contributed by atoms with Crippen LogP contribution in [0.3, 0.4) is 0 Å².